The molecule has 1 fully saturated rings. The second-order valence-electron chi connectivity index (χ2n) is 5.71. The van der Waals surface area contributed by atoms with Crippen LogP contribution in [0.4, 0.5) is 5.95 Å². The van der Waals surface area contributed by atoms with Crippen LogP contribution in [0, 0.1) is 0 Å². The molecule has 21 heavy (non-hydrogen) atoms. The summed E-state index contributed by atoms with van der Waals surface area (Å²) < 4.78 is 2.61. The molecular formula is C15H22N4OS. The van der Waals surface area contributed by atoms with Crippen LogP contribution in [-0.2, 0) is 6.54 Å². The highest BCUT2D eigenvalue weighted by Gasteiger charge is 2.22. The molecule has 1 atom stereocenters. The zero-order chi connectivity index (χ0) is 14.8. The molecule has 1 aliphatic heterocycles. The summed E-state index contributed by atoms with van der Waals surface area (Å²) in [5.74, 6) is 0.800. The van der Waals surface area contributed by atoms with Gasteiger partial charge in [-0.1, -0.05) is 13.3 Å². The number of rotatable bonds is 4. The van der Waals surface area contributed by atoms with E-state index in [1.807, 2.05) is 16.0 Å². The third-order valence-electron chi connectivity index (χ3n) is 4.02. The highest BCUT2D eigenvalue weighted by Crippen LogP contribution is 2.22. The lowest BCUT2D eigenvalue weighted by Crippen LogP contribution is -2.45. The first-order valence-corrected chi connectivity index (χ1v) is 8.57. The van der Waals surface area contributed by atoms with Crippen LogP contribution in [0.2, 0.25) is 0 Å². The highest BCUT2D eigenvalue weighted by molar-refractivity contribution is 7.17. The molecule has 0 bridgehead atoms. The van der Waals surface area contributed by atoms with Crippen molar-refractivity contribution in [2.24, 2.45) is 5.73 Å². The minimum absolute atomic E-state index is 0.0950. The number of hydrogen-bond acceptors (Lipinski definition) is 5. The molecule has 5 nitrogen and oxygen atoms in total. The van der Waals surface area contributed by atoms with Gasteiger partial charge >= 0.3 is 0 Å². The Hall–Kier alpha value is -1.40. The van der Waals surface area contributed by atoms with Gasteiger partial charge in [-0.25, -0.2) is 4.98 Å². The Bertz CT molecular complexity index is 678. The fourth-order valence-electron chi connectivity index (χ4n) is 2.88. The van der Waals surface area contributed by atoms with Crippen LogP contribution >= 0.6 is 11.3 Å². The molecule has 1 saturated heterocycles. The summed E-state index contributed by atoms with van der Waals surface area (Å²) in [4.78, 5) is 19.6. The van der Waals surface area contributed by atoms with E-state index < -0.39 is 0 Å². The van der Waals surface area contributed by atoms with Crippen molar-refractivity contribution in [3.8, 4) is 0 Å². The topological polar surface area (TPSA) is 64.2 Å². The van der Waals surface area contributed by atoms with Gasteiger partial charge in [-0.15, -0.1) is 11.3 Å². The number of thiophene rings is 1. The van der Waals surface area contributed by atoms with Gasteiger partial charge in [0.05, 0.1) is 5.52 Å². The molecule has 0 aromatic carbocycles. The lowest BCUT2D eigenvalue weighted by molar-refractivity contribution is 0.486. The van der Waals surface area contributed by atoms with Crippen molar-refractivity contribution in [3.05, 3.63) is 21.8 Å². The summed E-state index contributed by atoms with van der Waals surface area (Å²) in [6, 6.07) is 2.10. The van der Waals surface area contributed by atoms with E-state index in [0.29, 0.717) is 0 Å². The monoisotopic (exact) mass is 306 g/mol. The zero-order valence-corrected chi connectivity index (χ0v) is 13.2. The third kappa shape index (κ3) is 2.82. The summed E-state index contributed by atoms with van der Waals surface area (Å²) in [7, 11) is 0. The minimum Gasteiger partial charge on any atom is -0.341 e. The predicted octanol–water partition coefficient (Wildman–Crippen LogP) is 2.19. The largest absolute Gasteiger partial charge is 0.341 e. The lowest BCUT2D eigenvalue weighted by atomic mass is 10.1. The number of piperidine rings is 1. The number of fused-ring (bicyclic) bond motifs is 1. The van der Waals surface area contributed by atoms with E-state index in [1.165, 1.54) is 11.3 Å². The third-order valence-corrected chi connectivity index (χ3v) is 4.91. The fourth-order valence-corrected chi connectivity index (χ4v) is 3.66. The van der Waals surface area contributed by atoms with E-state index in [2.05, 4.69) is 11.8 Å². The van der Waals surface area contributed by atoms with Crippen molar-refractivity contribution in [3.63, 3.8) is 0 Å². The van der Waals surface area contributed by atoms with Crippen molar-refractivity contribution in [2.45, 2.75) is 45.2 Å². The molecule has 0 aliphatic carbocycles. The molecule has 1 unspecified atom stereocenters. The molecule has 2 N–H and O–H groups in total. The van der Waals surface area contributed by atoms with Crippen LogP contribution in [0.3, 0.4) is 0 Å². The maximum absolute atomic E-state index is 12.7. The van der Waals surface area contributed by atoms with Crippen LogP contribution in [-0.4, -0.2) is 28.7 Å². The number of aromatic nitrogens is 2. The first-order valence-electron chi connectivity index (χ1n) is 7.69. The number of anilines is 1. The van der Waals surface area contributed by atoms with Crippen molar-refractivity contribution < 1.29 is 0 Å². The van der Waals surface area contributed by atoms with E-state index in [-0.39, 0.29) is 11.6 Å². The average Bonchev–Trinajstić information content (AvgIpc) is 2.95. The first-order chi connectivity index (χ1) is 10.2. The van der Waals surface area contributed by atoms with Crippen molar-refractivity contribution in [2.75, 3.05) is 18.0 Å². The highest BCUT2D eigenvalue weighted by atomic mass is 32.1. The molecule has 3 rings (SSSR count). The van der Waals surface area contributed by atoms with Crippen LogP contribution < -0.4 is 16.2 Å². The Morgan fingerprint density at radius 1 is 1.52 bits per heavy atom. The second-order valence-corrected chi connectivity index (χ2v) is 6.62. The molecular weight excluding hydrogens is 284 g/mol. The standard InChI is InChI=1S/C15H22N4OS/c1-2-3-8-19-14(20)13-12(6-9-21-13)17-15(19)18-7-4-5-11(16)10-18/h6,9,11H,2-5,7-8,10,16H2,1H3. The summed E-state index contributed by atoms with van der Waals surface area (Å²) in [5.41, 5.74) is 7.00. The Kier molecular flexibility index (Phi) is 4.26. The van der Waals surface area contributed by atoms with E-state index >= 15 is 0 Å². The number of unbranched alkanes of at least 4 members (excludes halogenated alkanes) is 1. The molecule has 2 aromatic heterocycles. The maximum atomic E-state index is 12.7. The Balaban J connectivity index is 2.07. The van der Waals surface area contributed by atoms with Crippen molar-refractivity contribution in [1.82, 2.24) is 9.55 Å². The van der Waals surface area contributed by atoms with Gasteiger partial charge in [0.2, 0.25) is 5.95 Å². The van der Waals surface area contributed by atoms with E-state index in [0.717, 1.165) is 61.5 Å². The maximum Gasteiger partial charge on any atom is 0.272 e. The fraction of sp³-hybridized carbons (Fsp3) is 0.600. The summed E-state index contributed by atoms with van der Waals surface area (Å²) in [6.45, 7) is 4.59. The average molecular weight is 306 g/mol. The SMILES string of the molecule is CCCCn1c(N2CCCC(N)C2)nc2ccsc2c1=O. The molecule has 0 spiro atoms. The smallest absolute Gasteiger partial charge is 0.272 e. The van der Waals surface area contributed by atoms with Gasteiger partial charge in [0.15, 0.2) is 0 Å². The molecule has 114 valence electrons. The number of nitrogens with two attached hydrogens (primary N) is 1. The molecule has 2 aromatic rings. The molecule has 0 amide bonds. The Morgan fingerprint density at radius 3 is 3.14 bits per heavy atom. The van der Waals surface area contributed by atoms with E-state index in [1.54, 1.807) is 0 Å². The van der Waals surface area contributed by atoms with Gasteiger partial charge in [0, 0.05) is 25.7 Å². The first kappa shape index (κ1) is 14.5. The van der Waals surface area contributed by atoms with Gasteiger partial charge in [0.1, 0.15) is 4.70 Å². The lowest BCUT2D eigenvalue weighted by Gasteiger charge is -2.33. The van der Waals surface area contributed by atoms with Gasteiger partial charge in [-0.2, -0.15) is 0 Å². The van der Waals surface area contributed by atoms with Crippen molar-refractivity contribution >= 4 is 27.5 Å². The Morgan fingerprint density at radius 2 is 2.38 bits per heavy atom. The zero-order valence-electron chi connectivity index (χ0n) is 12.4. The number of hydrogen-bond donors (Lipinski definition) is 1. The molecule has 0 saturated carbocycles. The quantitative estimate of drug-likeness (QED) is 0.940. The van der Waals surface area contributed by atoms with E-state index in [9.17, 15) is 4.79 Å². The summed E-state index contributed by atoms with van der Waals surface area (Å²) in [6.07, 6.45) is 4.17. The van der Waals surface area contributed by atoms with Crippen LogP contribution in [0.5, 0.6) is 0 Å². The molecule has 1 aliphatic rings. The molecule has 0 radical (unpaired) electrons. The van der Waals surface area contributed by atoms with E-state index in [4.69, 9.17) is 10.7 Å². The Labute approximate surface area is 128 Å². The normalized spacial score (nSPS) is 19.3. The summed E-state index contributed by atoms with van der Waals surface area (Å²) in [5, 5.41) is 1.94. The van der Waals surface area contributed by atoms with Gasteiger partial charge in [-0.05, 0) is 30.7 Å². The van der Waals surface area contributed by atoms with Crippen LogP contribution in [0.25, 0.3) is 10.2 Å². The molecule has 6 heteroatoms. The van der Waals surface area contributed by atoms with Gasteiger partial charge < -0.3 is 10.6 Å². The second kappa shape index (κ2) is 6.15. The number of nitrogens with zero attached hydrogens (tertiary/aromatic N) is 3. The minimum atomic E-state index is 0.0950. The van der Waals surface area contributed by atoms with Crippen LogP contribution in [0.1, 0.15) is 32.6 Å². The van der Waals surface area contributed by atoms with Gasteiger partial charge in [0.25, 0.3) is 5.56 Å². The predicted molar refractivity (Wildman–Crippen MR) is 88.2 cm³/mol. The van der Waals surface area contributed by atoms with Crippen LogP contribution in [0.15, 0.2) is 16.2 Å². The molecule has 3 heterocycles. The van der Waals surface area contributed by atoms with Crippen molar-refractivity contribution in [1.29, 1.82) is 0 Å². The van der Waals surface area contributed by atoms with Gasteiger partial charge in [-0.3, -0.25) is 9.36 Å². The summed E-state index contributed by atoms with van der Waals surface area (Å²) >= 11 is 1.48.